The summed E-state index contributed by atoms with van der Waals surface area (Å²) in [5.74, 6) is 1.07. The van der Waals surface area contributed by atoms with Crippen LogP contribution in [0.2, 0.25) is 0 Å². The van der Waals surface area contributed by atoms with E-state index in [0.717, 1.165) is 49.4 Å². The van der Waals surface area contributed by atoms with E-state index < -0.39 is 0 Å². The fraction of sp³-hybridized carbons (Fsp3) is 0.556. The summed E-state index contributed by atoms with van der Waals surface area (Å²) >= 11 is 0. The third kappa shape index (κ3) is 2.47. The van der Waals surface area contributed by atoms with Gasteiger partial charge in [0.05, 0.1) is 29.9 Å². The average Bonchev–Trinajstić information content (AvgIpc) is 3.39. The Kier molecular flexibility index (Phi) is 3.66. The minimum Gasteiger partial charge on any atom is -0.391 e. The van der Waals surface area contributed by atoms with Crippen molar-refractivity contribution in [1.29, 1.82) is 0 Å². The Labute approximate surface area is 151 Å². The van der Waals surface area contributed by atoms with Crippen LogP contribution in [0.25, 0.3) is 5.65 Å². The molecular weight excluding hydrogens is 330 g/mol. The van der Waals surface area contributed by atoms with Crippen LogP contribution in [0, 0.1) is 11.8 Å². The number of anilines is 1. The predicted molar refractivity (Wildman–Crippen MR) is 95.9 cm³/mol. The largest absolute Gasteiger partial charge is 0.391 e. The van der Waals surface area contributed by atoms with E-state index in [1.165, 1.54) is 0 Å². The molecule has 26 heavy (non-hydrogen) atoms. The quantitative estimate of drug-likeness (QED) is 0.765. The van der Waals surface area contributed by atoms with Crippen molar-refractivity contribution >= 4 is 11.3 Å². The van der Waals surface area contributed by atoms with E-state index in [1.54, 1.807) is 17.0 Å². The van der Waals surface area contributed by atoms with Crippen molar-refractivity contribution in [2.45, 2.75) is 38.3 Å². The highest BCUT2D eigenvalue weighted by molar-refractivity contribution is 5.68. The van der Waals surface area contributed by atoms with Gasteiger partial charge >= 0.3 is 0 Å². The lowest BCUT2D eigenvalue weighted by atomic mass is 9.77. The Balaban J connectivity index is 1.43. The monoisotopic (exact) mass is 353 g/mol. The molecule has 8 heteroatoms. The molecule has 136 valence electrons. The summed E-state index contributed by atoms with van der Waals surface area (Å²) in [7, 11) is 0. The molecule has 8 nitrogen and oxygen atoms in total. The summed E-state index contributed by atoms with van der Waals surface area (Å²) in [4.78, 5) is 6.55. The van der Waals surface area contributed by atoms with Crippen LogP contribution < -0.4 is 4.90 Å². The molecule has 3 aromatic rings. The zero-order valence-corrected chi connectivity index (χ0v) is 14.8. The van der Waals surface area contributed by atoms with E-state index in [9.17, 15) is 5.11 Å². The second kappa shape index (κ2) is 6.05. The molecule has 3 aromatic heterocycles. The molecule has 4 heterocycles. The Morgan fingerprint density at radius 3 is 2.81 bits per heavy atom. The van der Waals surface area contributed by atoms with Gasteiger partial charge in [0.1, 0.15) is 6.33 Å². The van der Waals surface area contributed by atoms with Crippen LogP contribution in [0.3, 0.4) is 0 Å². The normalized spacial score (nSPS) is 28.6. The predicted octanol–water partition coefficient (Wildman–Crippen LogP) is 1.33. The van der Waals surface area contributed by atoms with Gasteiger partial charge < -0.3 is 14.6 Å². The van der Waals surface area contributed by atoms with E-state index in [1.807, 2.05) is 12.5 Å². The maximum atomic E-state index is 10.7. The zero-order valence-electron chi connectivity index (χ0n) is 14.8. The number of rotatable bonds is 3. The summed E-state index contributed by atoms with van der Waals surface area (Å²) in [6, 6.07) is 2.26. The Hall–Kier alpha value is -2.48. The second-order valence-electron chi connectivity index (χ2n) is 7.51. The van der Waals surface area contributed by atoms with Gasteiger partial charge in [0.25, 0.3) is 0 Å². The van der Waals surface area contributed by atoms with Crippen LogP contribution in [0.4, 0.5) is 5.69 Å². The smallest absolute Gasteiger partial charge is 0.200 e. The van der Waals surface area contributed by atoms with Crippen molar-refractivity contribution < 1.29 is 5.11 Å². The van der Waals surface area contributed by atoms with E-state index in [0.29, 0.717) is 11.8 Å². The average molecular weight is 353 g/mol. The van der Waals surface area contributed by atoms with Crippen molar-refractivity contribution in [3.8, 4) is 0 Å². The van der Waals surface area contributed by atoms with Gasteiger partial charge in [0, 0.05) is 25.5 Å². The third-order valence-corrected chi connectivity index (χ3v) is 6.02. The number of nitrogens with zero attached hydrogens (tertiary/aromatic N) is 7. The molecule has 0 radical (unpaired) electrons. The fourth-order valence-electron chi connectivity index (χ4n) is 4.66. The van der Waals surface area contributed by atoms with E-state index >= 15 is 0 Å². The Morgan fingerprint density at radius 2 is 2.04 bits per heavy atom. The van der Waals surface area contributed by atoms with Crippen LogP contribution in [0.1, 0.15) is 31.5 Å². The highest BCUT2D eigenvalue weighted by Crippen LogP contribution is 2.43. The van der Waals surface area contributed by atoms with Crippen LogP contribution in [-0.4, -0.2) is 53.7 Å². The van der Waals surface area contributed by atoms with Gasteiger partial charge in [0.15, 0.2) is 0 Å². The summed E-state index contributed by atoms with van der Waals surface area (Å²) < 4.78 is 3.83. The lowest BCUT2D eigenvalue weighted by Crippen LogP contribution is -2.35. The minimum absolute atomic E-state index is 0.121. The first-order chi connectivity index (χ1) is 12.7. The number of aliphatic hydroxyl groups is 1. The number of aliphatic hydroxyl groups excluding tert-OH is 1. The van der Waals surface area contributed by atoms with E-state index in [4.69, 9.17) is 0 Å². The first-order valence-electron chi connectivity index (χ1n) is 9.33. The number of aromatic nitrogens is 6. The van der Waals surface area contributed by atoms with Crippen molar-refractivity contribution in [3.05, 3.63) is 36.8 Å². The summed E-state index contributed by atoms with van der Waals surface area (Å²) in [6.07, 6.45) is 9.59. The SMILES string of the molecule is CCc1cc(N2C[C@H]3C[C@@H](n4ccnc4)[C@H](O)C[C@H]3C2)c2nncn2n1. The summed E-state index contributed by atoms with van der Waals surface area (Å²) in [5, 5.41) is 23.5. The molecule has 1 N–H and O–H groups in total. The highest BCUT2D eigenvalue weighted by atomic mass is 16.3. The molecule has 4 atom stereocenters. The molecule has 2 fully saturated rings. The molecule has 2 aliphatic rings. The van der Waals surface area contributed by atoms with Crippen LogP contribution in [0.15, 0.2) is 31.1 Å². The topological polar surface area (TPSA) is 84.4 Å². The molecule has 5 rings (SSSR count). The molecule has 1 aliphatic carbocycles. The second-order valence-corrected chi connectivity index (χ2v) is 7.51. The van der Waals surface area contributed by atoms with Crippen molar-refractivity contribution in [3.63, 3.8) is 0 Å². The number of hydrogen-bond acceptors (Lipinski definition) is 6. The van der Waals surface area contributed by atoms with Crippen molar-refractivity contribution in [2.75, 3.05) is 18.0 Å². The van der Waals surface area contributed by atoms with Gasteiger partial charge in [-0.15, -0.1) is 10.2 Å². The van der Waals surface area contributed by atoms with Gasteiger partial charge in [-0.2, -0.15) is 9.61 Å². The molecule has 0 unspecified atom stereocenters. The first kappa shape index (κ1) is 15.7. The molecule has 1 saturated heterocycles. The van der Waals surface area contributed by atoms with Crippen molar-refractivity contribution in [1.82, 2.24) is 29.4 Å². The Bertz CT molecular complexity index is 906. The van der Waals surface area contributed by atoms with Crippen LogP contribution in [-0.2, 0) is 6.42 Å². The maximum absolute atomic E-state index is 10.7. The maximum Gasteiger partial charge on any atom is 0.200 e. The number of aryl methyl sites for hydroxylation is 1. The lowest BCUT2D eigenvalue weighted by Gasteiger charge is -2.35. The van der Waals surface area contributed by atoms with Gasteiger partial charge in [-0.25, -0.2) is 4.98 Å². The molecule has 0 aromatic carbocycles. The lowest BCUT2D eigenvalue weighted by molar-refractivity contribution is 0.0358. The molecule has 0 bridgehead atoms. The molecule has 0 amide bonds. The van der Waals surface area contributed by atoms with Crippen molar-refractivity contribution in [2.24, 2.45) is 11.8 Å². The first-order valence-corrected chi connectivity index (χ1v) is 9.33. The molecule has 1 saturated carbocycles. The van der Waals surface area contributed by atoms with E-state index in [2.05, 4.69) is 42.7 Å². The molecular formula is C18H23N7O. The number of imidazole rings is 1. The minimum atomic E-state index is -0.317. The fourth-order valence-corrected chi connectivity index (χ4v) is 4.66. The van der Waals surface area contributed by atoms with Gasteiger partial charge in [0.2, 0.25) is 5.65 Å². The molecule has 0 spiro atoms. The summed E-state index contributed by atoms with van der Waals surface area (Å²) in [5.41, 5.74) is 2.96. The molecule has 1 aliphatic heterocycles. The van der Waals surface area contributed by atoms with E-state index in [-0.39, 0.29) is 12.1 Å². The van der Waals surface area contributed by atoms with Crippen LogP contribution in [0.5, 0.6) is 0 Å². The number of hydrogen-bond donors (Lipinski definition) is 1. The third-order valence-electron chi connectivity index (χ3n) is 6.02. The highest BCUT2D eigenvalue weighted by Gasteiger charge is 2.42. The standard InChI is InChI=1S/C18H23N7O/c1-2-14-7-16(18-21-20-11-25(18)22-14)24-8-12-5-15(23-4-3-19-10-23)17(26)6-13(12)9-24/h3-4,7,10-13,15,17,26H,2,5-6,8-9H2,1H3/t12-,13+,15-,17-/m1/s1. The van der Waals surface area contributed by atoms with Gasteiger partial charge in [-0.3, -0.25) is 0 Å². The van der Waals surface area contributed by atoms with Crippen LogP contribution >= 0.6 is 0 Å². The summed E-state index contributed by atoms with van der Waals surface area (Å²) in [6.45, 7) is 4.05. The van der Waals surface area contributed by atoms with Gasteiger partial charge in [-0.05, 0) is 37.2 Å². The zero-order chi connectivity index (χ0) is 17.7. The Morgan fingerprint density at radius 1 is 1.19 bits per heavy atom. The number of fused-ring (bicyclic) bond motifs is 2. The van der Waals surface area contributed by atoms with Gasteiger partial charge in [-0.1, -0.05) is 6.92 Å².